The van der Waals surface area contributed by atoms with Crippen molar-refractivity contribution in [1.82, 2.24) is 0 Å². The van der Waals surface area contributed by atoms with Gasteiger partial charge in [-0.05, 0) is 53.8 Å². The summed E-state index contributed by atoms with van der Waals surface area (Å²) in [6.45, 7) is 1.37. The fourth-order valence-corrected chi connectivity index (χ4v) is 3.70. The van der Waals surface area contributed by atoms with Gasteiger partial charge in [0.1, 0.15) is 11.4 Å². The minimum Gasteiger partial charge on any atom is -1.00 e. The quantitative estimate of drug-likeness (QED) is 0.412. The molecule has 2 aromatic carbocycles. The largest absolute Gasteiger partial charge is 1.00 e. The molecule has 0 fully saturated rings. The summed E-state index contributed by atoms with van der Waals surface area (Å²) in [6.07, 6.45) is 1.69. The van der Waals surface area contributed by atoms with Crippen LogP contribution in [-0.4, -0.2) is 31.1 Å². The molecule has 1 atom stereocenters. The summed E-state index contributed by atoms with van der Waals surface area (Å²) in [5, 5.41) is 9.16. The molecule has 0 spiro atoms. The van der Waals surface area contributed by atoms with E-state index in [0.29, 0.717) is 18.2 Å². The van der Waals surface area contributed by atoms with Gasteiger partial charge in [0.2, 0.25) is 0 Å². The molecule has 0 unspecified atom stereocenters. The van der Waals surface area contributed by atoms with E-state index in [-0.39, 0.29) is 18.2 Å². The lowest BCUT2D eigenvalue weighted by atomic mass is 9.81. The smallest absolute Gasteiger partial charge is 0.154 e. The van der Waals surface area contributed by atoms with Gasteiger partial charge >= 0.3 is 0 Å². The van der Waals surface area contributed by atoms with Gasteiger partial charge < -0.3 is 21.6 Å². The first-order chi connectivity index (χ1) is 12.4. The van der Waals surface area contributed by atoms with Crippen molar-refractivity contribution in [1.29, 1.82) is 5.26 Å². The summed E-state index contributed by atoms with van der Waals surface area (Å²) < 4.78 is 20.5. The highest BCUT2D eigenvalue weighted by atomic mass is 35.5. The number of quaternary nitrogens is 1. The zero-order chi connectivity index (χ0) is 18.8. The predicted octanol–water partition coefficient (Wildman–Crippen LogP) is 1.53. The van der Waals surface area contributed by atoms with Crippen LogP contribution in [0.3, 0.4) is 0 Å². The molecule has 27 heavy (non-hydrogen) atoms. The van der Waals surface area contributed by atoms with E-state index in [4.69, 9.17) is 21.6 Å². The Morgan fingerprint density at radius 2 is 1.93 bits per heavy atom. The van der Waals surface area contributed by atoms with Crippen LogP contribution in [0.1, 0.15) is 35.1 Å². The van der Waals surface area contributed by atoms with Gasteiger partial charge in [0, 0.05) is 0 Å². The predicted molar refractivity (Wildman–Crippen MR) is 100 cm³/mol. The highest BCUT2D eigenvalue weighted by molar-refractivity contribution is 6.16. The van der Waals surface area contributed by atoms with Crippen LogP contribution in [0.25, 0.3) is 0 Å². The monoisotopic (exact) mass is 408 g/mol. The van der Waals surface area contributed by atoms with E-state index in [9.17, 15) is 4.39 Å². The van der Waals surface area contributed by atoms with E-state index >= 15 is 0 Å². The summed E-state index contributed by atoms with van der Waals surface area (Å²) >= 11 is 6.04. The zero-order valence-corrected chi connectivity index (χ0v) is 17.0. The molecular formula is C21H23Cl2FN2O. The Labute approximate surface area is 171 Å². The first-order valence-corrected chi connectivity index (χ1v) is 9.25. The summed E-state index contributed by atoms with van der Waals surface area (Å²) in [7, 11) is 4.19. The number of rotatable bonds is 6. The molecule has 3 nitrogen and oxygen atoms in total. The Morgan fingerprint density at radius 1 is 1.22 bits per heavy atom. The second-order valence-corrected chi connectivity index (χ2v) is 7.73. The summed E-state index contributed by atoms with van der Waals surface area (Å²) in [4.78, 5) is 0. The van der Waals surface area contributed by atoms with Crippen LogP contribution < -0.4 is 12.4 Å². The van der Waals surface area contributed by atoms with Crippen LogP contribution in [0.4, 0.5) is 4.39 Å². The number of ether oxygens (including phenoxy) is 1. The van der Waals surface area contributed by atoms with E-state index in [0.717, 1.165) is 40.6 Å². The van der Waals surface area contributed by atoms with Gasteiger partial charge in [-0.2, -0.15) is 5.26 Å². The minimum absolute atomic E-state index is 0. The summed E-state index contributed by atoms with van der Waals surface area (Å²) in [6, 6.07) is 15.0. The average molecular weight is 409 g/mol. The van der Waals surface area contributed by atoms with Crippen LogP contribution >= 0.6 is 11.6 Å². The fourth-order valence-electron chi connectivity index (χ4n) is 3.58. The van der Waals surface area contributed by atoms with Crippen molar-refractivity contribution in [3.05, 3.63) is 70.5 Å². The third-order valence-electron chi connectivity index (χ3n) is 5.07. The van der Waals surface area contributed by atoms with E-state index in [1.54, 1.807) is 12.1 Å². The van der Waals surface area contributed by atoms with Crippen LogP contribution in [0, 0.1) is 17.1 Å². The minimum atomic E-state index is -0.608. The molecule has 1 aliphatic rings. The number of nitrogens with zero attached hydrogens (tertiary/aromatic N) is 2. The molecule has 0 aliphatic carbocycles. The van der Waals surface area contributed by atoms with E-state index in [1.807, 2.05) is 18.2 Å². The lowest BCUT2D eigenvalue weighted by Gasteiger charge is -2.33. The lowest BCUT2D eigenvalue weighted by Crippen LogP contribution is -3.00. The van der Waals surface area contributed by atoms with Gasteiger partial charge in [-0.3, -0.25) is 0 Å². The Bertz CT molecular complexity index is 833. The molecule has 0 saturated heterocycles. The number of hydrogen-bond acceptors (Lipinski definition) is 2. The van der Waals surface area contributed by atoms with Gasteiger partial charge in [-0.1, -0.05) is 29.8 Å². The Kier molecular flexibility index (Phi) is 6.88. The molecular weight excluding hydrogens is 386 g/mol. The number of nitriles is 1. The van der Waals surface area contributed by atoms with Crippen molar-refractivity contribution in [2.24, 2.45) is 0 Å². The van der Waals surface area contributed by atoms with Crippen molar-refractivity contribution >= 4 is 11.6 Å². The highest BCUT2D eigenvalue weighted by Crippen LogP contribution is 2.45. The standard InChI is InChI=1S/C21H23ClFN2O.ClH/c1-25(2,15-22)11-3-10-21(18-5-7-19(23)8-6-18)20-9-4-16(13-24)12-17(20)14-26-21;/h4-9,12H,3,10-11,14-15H2,1-2H3;1H/q+1;/p-1/t21-;/m0./s1. The zero-order valence-electron chi connectivity index (χ0n) is 15.5. The first kappa shape index (κ1) is 21.7. The van der Waals surface area contributed by atoms with Gasteiger partial charge in [0.25, 0.3) is 0 Å². The molecule has 0 amide bonds. The van der Waals surface area contributed by atoms with Gasteiger partial charge in [-0.25, -0.2) is 4.39 Å². The second kappa shape index (κ2) is 8.58. The third kappa shape index (κ3) is 4.44. The Balaban J connectivity index is 0.00000261. The normalized spacial score (nSPS) is 18.5. The number of hydrogen-bond donors (Lipinski definition) is 0. The van der Waals surface area contributed by atoms with Crippen molar-refractivity contribution in [2.45, 2.75) is 25.0 Å². The maximum Gasteiger partial charge on any atom is 0.154 e. The van der Waals surface area contributed by atoms with Crippen molar-refractivity contribution in [2.75, 3.05) is 26.6 Å². The maximum atomic E-state index is 13.5. The van der Waals surface area contributed by atoms with E-state index in [2.05, 4.69) is 20.2 Å². The number of alkyl halides is 1. The molecule has 3 rings (SSSR count). The number of halogens is 3. The molecule has 6 heteroatoms. The number of benzene rings is 2. The van der Waals surface area contributed by atoms with Crippen LogP contribution in [0.5, 0.6) is 0 Å². The van der Waals surface area contributed by atoms with E-state index in [1.165, 1.54) is 12.1 Å². The van der Waals surface area contributed by atoms with Gasteiger partial charge in [0.15, 0.2) is 6.00 Å². The summed E-state index contributed by atoms with van der Waals surface area (Å²) in [5.41, 5.74) is 3.06. The third-order valence-corrected chi connectivity index (χ3v) is 5.72. The van der Waals surface area contributed by atoms with E-state index < -0.39 is 5.60 Å². The fraction of sp³-hybridized carbons (Fsp3) is 0.381. The molecule has 0 N–H and O–H groups in total. The molecule has 0 saturated carbocycles. The molecule has 144 valence electrons. The lowest BCUT2D eigenvalue weighted by molar-refractivity contribution is -0.879. The molecule has 0 aromatic heterocycles. The van der Waals surface area contributed by atoms with Crippen molar-refractivity contribution in [3.63, 3.8) is 0 Å². The molecule has 2 aromatic rings. The van der Waals surface area contributed by atoms with Crippen molar-refractivity contribution < 1.29 is 26.0 Å². The first-order valence-electron chi connectivity index (χ1n) is 8.72. The summed E-state index contributed by atoms with van der Waals surface area (Å²) in [5.74, 6) is -0.262. The van der Waals surface area contributed by atoms with Gasteiger partial charge in [-0.15, -0.1) is 0 Å². The number of fused-ring (bicyclic) bond motifs is 1. The Hall–Kier alpha value is -1.64. The van der Waals surface area contributed by atoms with Crippen molar-refractivity contribution in [3.8, 4) is 6.07 Å². The molecule has 0 radical (unpaired) electrons. The topological polar surface area (TPSA) is 33.0 Å². The average Bonchev–Trinajstić information content (AvgIpc) is 3.01. The highest BCUT2D eigenvalue weighted by Gasteiger charge is 2.41. The maximum absolute atomic E-state index is 13.5. The van der Waals surface area contributed by atoms with Crippen LogP contribution in [0.2, 0.25) is 0 Å². The Morgan fingerprint density at radius 3 is 2.56 bits per heavy atom. The second-order valence-electron chi connectivity index (χ2n) is 7.49. The SMILES string of the molecule is C[N+](C)(CCl)CCC[C@@]1(c2ccc(F)cc2)OCc2cc(C#N)ccc21.[Cl-]. The van der Waals surface area contributed by atoms with Crippen LogP contribution in [-0.2, 0) is 16.9 Å². The molecule has 1 aliphatic heterocycles. The molecule has 0 bridgehead atoms. The van der Waals surface area contributed by atoms with Crippen LogP contribution in [0.15, 0.2) is 42.5 Å². The molecule has 1 heterocycles. The van der Waals surface area contributed by atoms with Gasteiger partial charge in [0.05, 0.1) is 38.9 Å².